The molecule has 1 aromatic carbocycles. The van der Waals surface area contributed by atoms with Crippen molar-refractivity contribution in [3.05, 3.63) is 29.6 Å². The molecule has 1 unspecified atom stereocenters. The van der Waals surface area contributed by atoms with Crippen LogP contribution in [-0.2, 0) is 9.53 Å². The maximum Gasteiger partial charge on any atom is 0.341 e. The van der Waals surface area contributed by atoms with Crippen LogP contribution in [0.1, 0.15) is 17.3 Å². The van der Waals surface area contributed by atoms with Crippen molar-refractivity contribution < 1.29 is 23.5 Å². The van der Waals surface area contributed by atoms with E-state index in [9.17, 15) is 18.8 Å². The maximum absolute atomic E-state index is 13.4. The Morgan fingerprint density at radius 1 is 1.37 bits per heavy atom. The molecule has 19 heavy (non-hydrogen) atoms. The number of nitrogens with two attached hydrogens (primary N) is 2. The monoisotopic (exact) mass is 269 g/mol. The maximum atomic E-state index is 13.4. The van der Waals surface area contributed by atoms with Crippen LogP contribution >= 0.6 is 0 Å². The summed E-state index contributed by atoms with van der Waals surface area (Å²) in [6.45, 7) is 1.21. The van der Waals surface area contributed by atoms with Gasteiger partial charge < -0.3 is 16.2 Å². The molecule has 102 valence electrons. The molecule has 3 amide bonds. The van der Waals surface area contributed by atoms with Crippen molar-refractivity contribution in [2.24, 2.45) is 5.73 Å². The molecule has 0 spiro atoms. The SMILES string of the molecule is CC(OC(=O)c1cc(N)ccc1F)C(=O)NC(N)=O. The zero-order valence-corrected chi connectivity index (χ0v) is 9.98. The molecule has 7 nitrogen and oxygen atoms in total. The zero-order valence-electron chi connectivity index (χ0n) is 9.98. The molecule has 5 N–H and O–H groups in total. The first kappa shape index (κ1) is 14.4. The van der Waals surface area contributed by atoms with Crippen molar-refractivity contribution in [1.82, 2.24) is 5.32 Å². The number of urea groups is 1. The number of carbonyl (C=O) groups excluding carboxylic acids is 3. The molecule has 0 aliphatic rings. The molecule has 0 saturated carbocycles. The molecule has 0 radical (unpaired) electrons. The Hall–Kier alpha value is -2.64. The topological polar surface area (TPSA) is 125 Å². The first-order valence-corrected chi connectivity index (χ1v) is 5.17. The summed E-state index contributed by atoms with van der Waals surface area (Å²) in [4.78, 5) is 33.3. The predicted molar refractivity (Wildman–Crippen MR) is 63.4 cm³/mol. The lowest BCUT2D eigenvalue weighted by atomic mass is 10.2. The fourth-order valence-corrected chi connectivity index (χ4v) is 1.20. The van der Waals surface area contributed by atoms with Crippen LogP contribution in [0.25, 0.3) is 0 Å². The number of rotatable bonds is 3. The van der Waals surface area contributed by atoms with Crippen molar-refractivity contribution in [3.8, 4) is 0 Å². The lowest BCUT2D eigenvalue weighted by molar-refractivity contribution is -0.127. The Morgan fingerprint density at radius 2 is 2.00 bits per heavy atom. The van der Waals surface area contributed by atoms with E-state index in [0.29, 0.717) is 0 Å². The number of anilines is 1. The van der Waals surface area contributed by atoms with Gasteiger partial charge in [0.25, 0.3) is 5.91 Å². The highest BCUT2D eigenvalue weighted by Gasteiger charge is 2.22. The molecule has 0 heterocycles. The summed E-state index contributed by atoms with van der Waals surface area (Å²) in [5.74, 6) is -2.82. The van der Waals surface area contributed by atoms with Gasteiger partial charge in [-0.05, 0) is 25.1 Å². The van der Waals surface area contributed by atoms with Crippen LogP contribution in [0.2, 0.25) is 0 Å². The lowest BCUT2D eigenvalue weighted by Crippen LogP contribution is -2.42. The smallest absolute Gasteiger partial charge is 0.341 e. The minimum Gasteiger partial charge on any atom is -0.449 e. The van der Waals surface area contributed by atoms with Crippen molar-refractivity contribution in [3.63, 3.8) is 0 Å². The summed E-state index contributed by atoms with van der Waals surface area (Å²) in [6.07, 6.45) is -1.30. The van der Waals surface area contributed by atoms with E-state index in [-0.39, 0.29) is 5.69 Å². The summed E-state index contributed by atoms with van der Waals surface area (Å²) < 4.78 is 18.0. The number of nitrogens with one attached hydrogen (secondary N) is 1. The van der Waals surface area contributed by atoms with Crippen molar-refractivity contribution in [2.45, 2.75) is 13.0 Å². The number of ether oxygens (including phenoxy) is 1. The Balaban J connectivity index is 2.77. The second-order valence-corrected chi connectivity index (χ2v) is 3.64. The van der Waals surface area contributed by atoms with E-state index in [2.05, 4.69) is 4.74 Å². The number of benzene rings is 1. The standard InChI is InChI=1S/C11H12FN3O4/c1-5(9(16)15-11(14)18)19-10(17)7-4-6(13)2-3-8(7)12/h2-5H,13H2,1H3,(H3,14,15,16,18). The molecular formula is C11H12FN3O4. The fraction of sp³-hybridized carbons (Fsp3) is 0.182. The van der Waals surface area contributed by atoms with Crippen molar-refractivity contribution in [1.29, 1.82) is 0 Å². The van der Waals surface area contributed by atoms with E-state index in [1.54, 1.807) is 5.32 Å². The largest absolute Gasteiger partial charge is 0.449 e. The van der Waals surface area contributed by atoms with Crippen LogP contribution in [0.15, 0.2) is 18.2 Å². The Labute approximate surface area is 107 Å². The van der Waals surface area contributed by atoms with Gasteiger partial charge in [0.15, 0.2) is 6.10 Å². The Kier molecular flexibility index (Phi) is 4.41. The molecule has 0 aromatic heterocycles. The Morgan fingerprint density at radius 3 is 2.58 bits per heavy atom. The number of primary amides is 1. The highest BCUT2D eigenvalue weighted by atomic mass is 19.1. The fourth-order valence-electron chi connectivity index (χ4n) is 1.20. The molecule has 1 rings (SSSR count). The van der Waals surface area contributed by atoms with Gasteiger partial charge in [0, 0.05) is 5.69 Å². The molecule has 0 bridgehead atoms. The molecule has 0 aliphatic carbocycles. The number of nitrogen functional groups attached to an aromatic ring is 1. The first-order valence-electron chi connectivity index (χ1n) is 5.17. The number of esters is 1. The lowest BCUT2D eigenvalue weighted by Gasteiger charge is -2.12. The highest BCUT2D eigenvalue weighted by molar-refractivity contribution is 5.98. The van der Waals surface area contributed by atoms with Gasteiger partial charge in [0.2, 0.25) is 0 Å². The molecular weight excluding hydrogens is 257 g/mol. The molecule has 1 aromatic rings. The molecule has 0 saturated heterocycles. The van der Waals surface area contributed by atoms with Crippen LogP contribution in [0, 0.1) is 5.82 Å². The van der Waals surface area contributed by atoms with Crippen molar-refractivity contribution in [2.75, 3.05) is 5.73 Å². The molecule has 8 heteroatoms. The van der Waals surface area contributed by atoms with E-state index in [1.807, 2.05) is 0 Å². The van der Waals surface area contributed by atoms with Crippen LogP contribution in [0.5, 0.6) is 0 Å². The van der Waals surface area contributed by atoms with Gasteiger partial charge in [-0.15, -0.1) is 0 Å². The number of hydrogen-bond acceptors (Lipinski definition) is 5. The van der Waals surface area contributed by atoms with E-state index in [4.69, 9.17) is 11.5 Å². The van der Waals surface area contributed by atoms with Crippen LogP contribution in [0.4, 0.5) is 14.9 Å². The average molecular weight is 269 g/mol. The number of hydrogen-bond donors (Lipinski definition) is 3. The normalized spacial score (nSPS) is 11.5. The number of carbonyl (C=O) groups is 3. The van der Waals surface area contributed by atoms with Gasteiger partial charge in [-0.25, -0.2) is 14.0 Å². The molecule has 0 aliphatic heterocycles. The van der Waals surface area contributed by atoms with E-state index in [1.165, 1.54) is 13.0 Å². The van der Waals surface area contributed by atoms with E-state index >= 15 is 0 Å². The summed E-state index contributed by atoms with van der Waals surface area (Å²) in [6, 6.07) is 2.27. The average Bonchev–Trinajstić information content (AvgIpc) is 2.31. The summed E-state index contributed by atoms with van der Waals surface area (Å²) in [5, 5.41) is 1.73. The van der Waals surface area contributed by atoms with Crippen LogP contribution in [0.3, 0.4) is 0 Å². The van der Waals surface area contributed by atoms with E-state index in [0.717, 1.165) is 12.1 Å². The summed E-state index contributed by atoms with van der Waals surface area (Å²) in [5.41, 5.74) is 9.90. The van der Waals surface area contributed by atoms with Gasteiger partial charge in [0.1, 0.15) is 5.82 Å². The van der Waals surface area contributed by atoms with Crippen LogP contribution < -0.4 is 16.8 Å². The second kappa shape index (κ2) is 5.80. The summed E-state index contributed by atoms with van der Waals surface area (Å²) >= 11 is 0. The van der Waals surface area contributed by atoms with Gasteiger partial charge in [-0.3, -0.25) is 10.1 Å². The second-order valence-electron chi connectivity index (χ2n) is 3.64. The number of imide groups is 1. The Bertz CT molecular complexity index is 533. The third kappa shape index (κ3) is 3.95. The minimum absolute atomic E-state index is 0.169. The third-order valence-corrected chi connectivity index (χ3v) is 2.11. The third-order valence-electron chi connectivity index (χ3n) is 2.11. The molecule has 0 fully saturated rings. The highest BCUT2D eigenvalue weighted by Crippen LogP contribution is 2.14. The first-order chi connectivity index (χ1) is 8.81. The number of halogens is 1. The predicted octanol–water partition coefficient (Wildman–Crippen LogP) is 0.148. The van der Waals surface area contributed by atoms with E-state index < -0.39 is 35.4 Å². The van der Waals surface area contributed by atoms with Gasteiger partial charge in [-0.2, -0.15) is 0 Å². The van der Waals surface area contributed by atoms with Gasteiger partial charge in [0.05, 0.1) is 5.56 Å². The van der Waals surface area contributed by atoms with Gasteiger partial charge in [-0.1, -0.05) is 0 Å². The van der Waals surface area contributed by atoms with Gasteiger partial charge >= 0.3 is 12.0 Å². The summed E-state index contributed by atoms with van der Waals surface area (Å²) in [7, 11) is 0. The minimum atomic E-state index is -1.30. The quantitative estimate of drug-likeness (QED) is 0.532. The van der Waals surface area contributed by atoms with Crippen LogP contribution in [-0.4, -0.2) is 24.0 Å². The number of amides is 3. The zero-order chi connectivity index (χ0) is 14.6. The molecule has 1 atom stereocenters. The van der Waals surface area contributed by atoms with Crippen molar-refractivity contribution >= 4 is 23.6 Å².